The molecule has 0 aliphatic carbocycles. The van der Waals surface area contributed by atoms with Crippen molar-refractivity contribution < 1.29 is 0 Å². The van der Waals surface area contributed by atoms with Crippen molar-refractivity contribution in [3.8, 4) is 0 Å². The van der Waals surface area contributed by atoms with Crippen molar-refractivity contribution in [2.24, 2.45) is 5.73 Å². The van der Waals surface area contributed by atoms with Gasteiger partial charge in [-0.1, -0.05) is 18.2 Å². The van der Waals surface area contributed by atoms with E-state index in [9.17, 15) is 0 Å². The van der Waals surface area contributed by atoms with Crippen molar-refractivity contribution in [3.05, 3.63) is 48.8 Å². The van der Waals surface area contributed by atoms with Crippen LogP contribution in [0.3, 0.4) is 0 Å². The van der Waals surface area contributed by atoms with Gasteiger partial charge in [-0.25, -0.2) is 4.98 Å². The Kier molecular flexibility index (Phi) is 3.83. The lowest BCUT2D eigenvalue weighted by Crippen LogP contribution is -2.12. The van der Waals surface area contributed by atoms with Gasteiger partial charge in [-0.05, 0) is 31.4 Å². The molecule has 0 amide bonds. The lowest BCUT2D eigenvalue weighted by molar-refractivity contribution is 0.603. The van der Waals surface area contributed by atoms with Crippen LogP contribution in [0.2, 0.25) is 0 Å². The van der Waals surface area contributed by atoms with E-state index in [1.807, 2.05) is 30.3 Å². The topological polar surface area (TPSA) is 51.8 Å². The molecule has 3 heteroatoms. The lowest BCUT2D eigenvalue weighted by atomic mass is 10.1. The normalized spacial score (nSPS) is 12.5. The summed E-state index contributed by atoms with van der Waals surface area (Å²) in [6, 6.07) is 7.80. The molecule has 88 valence electrons. The van der Waals surface area contributed by atoms with Crippen LogP contribution in [0.15, 0.2) is 43.1 Å². The van der Waals surface area contributed by atoms with Crippen LogP contribution in [-0.2, 0) is 0 Å². The highest BCUT2D eigenvalue weighted by Crippen LogP contribution is 2.16. The summed E-state index contributed by atoms with van der Waals surface area (Å²) in [6.45, 7) is 3.70. The Balaban J connectivity index is 2.15. The summed E-state index contributed by atoms with van der Waals surface area (Å²) < 4.78 is 0. The Hall–Kier alpha value is -1.74. The summed E-state index contributed by atoms with van der Waals surface area (Å²) in [5, 5.41) is 0. The molecule has 0 saturated heterocycles. The van der Waals surface area contributed by atoms with E-state index in [-0.39, 0.29) is 6.04 Å². The van der Waals surface area contributed by atoms with Crippen molar-refractivity contribution in [1.29, 1.82) is 0 Å². The lowest BCUT2D eigenvalue weighted by Gasteiger charge is -2.10. The molecule has 1 aromatic carbocycles. The van der Waals surface area contributed by atoms with Crippen LogP contribution in [0, 0.1) is 0 Å². The third-order valence-corrected chi connectivity index (χ3v) is 2.77. The van der Waals surface area contributed by atoms with Gasteiger partial charge in [0.25, 0.3) is 0 Å². The van der Waals surface area contributed by atoms with Gasteiger partial charge >= 0.3 is 0 Å². The van der Waals surface area contributed by atoms with Gasteiger partial charge in [0, 0.05) is 6.04 Å². The van der Waals surface area contributed by atoms with Crippen molar-refractivity contribution in [2.75, 3.05) is 0 Å². The second-order valence-electron chi connectivity index (χ2n) is 4.11. The van der Waals surface area contributed by atoms with Crippen LogP contribution in [0.1, 0.15) is 31.0 Å². The van der Waals surface area contributed by atoms with Gasteiger partial charge < -0.3 is 5.73 Å². The molecular weight excluding hydrogens is 210 g/mol. The zero-order valence-electron chi connectivity index (χ0n) is 9.84. The van der Waals surface area contributed by atoms with E-state index in [0.29, 0.717) is 0 Å². The predicted octanol–water partition coefficient (Wildman–Crippen LogP) is 2.99. The van der Waals surface area contributed by atoms with E-state index in [1.54, 1.807) is 6.20 Å². The minimum atomic E-state index is -0.0351. The number of benzene rings is 1. The predicted molar refractivity (Wildman–Crippen MR) is 70.5 cm³/mol. The number of aromatic nitrogens is 2. The SMILES string of the molecule is C=CCCCC(N)c1cnc2ccccc2n1. The molecule has 0 fully saturated rings. The number of hydrogen-bond donors (Lipinski definition) is 1. The van der Waals surface area contributed by atoms with E-state index >= 15 is 0 Å². The van der Waals surface area contributed by atoms with Crippen molar-refractivity contribution in [1.82, 2.24) is 9.97 Å². The summed E-state index contributed by atoms with van der Waals surface area (Å²) in [6.07, 6.45) is 6.65. The quantitative estimate of drug-likeness (QED) is 0.631. The number of allylic oxidation sites excluding steroid dienone is 1. The monoisotopic (exact) mass is 227 g/mol. The van der Waals surface area contributed by atoms with Crippen LogP contribution >= 0.6 is 0 Å². The molecule has 1 aromatic heterocycles. The third kappa shape index (κ3) is 2.88. The number of hydrogen-bond acceptors (Lipinski definition) is 3. The fourth-order valence-corrected chi connectivity index (χ4v) is 1.78. The highest BCUT2D eigenvalue weighted by Gasteiger charge is 2.08. The highest BCUT2D eigenvalue weighted by atomic mass is 14.8. The Morgan fingerprint density at radius 1 is 1.29 bits per heavy atom. The summed E-state index contributed by atoms with van der Waals surface area (Å²) in [4.78, 5) is 8.91. The first-order valence-corrected chi connectivity index (χ1v) is 5.89. The smallest absolute Gasteiger partial charge is 0.0890 e. The zero-order chi connectivity index (χ0) is 12.1. The molecule has 2 aromatic rings. The molecule has 0 aliphatic heterocycles. The Morgan fingerprint density at radius 2 is 2.06 bits per heavy atom. The molecule has 0 bridgehead atoms. The molecule has 2 rings (SSSR count). The van der Waals surface area contributed by atoms with Crippen LogP contribution in [-0.4, -0.2) is 9.97 Å². The average molecular weight is 227 g/mol. The summed E-state index contributed by atoms with van der Waals surface area (Å²) in [5.74, 6) is 0. The molecule has 1 atom stereocenters. The largest absolute Gasteiger partial charge is 0.323 e. The van der Waals surface area contributed by atoms with Gasteiger partial charge in [-0.3, -0.25) is 4.98 Å². The number of nitrogens with zero attached hydrogens (tertiary/aromatic N) is 2. The number of unbranched alkanes of at least 4 members (excludes halogenated alkanes) is 1. The highest BCUT2D eigenvalue weighted by molar-refractivity contribution is 5.73. The van der Waals surface area contributed by atoms with Crippen LogP contribution in [0.4, 0.5) is 0 Å². The molecular formula is C14H17N3. The molecule has 17 heavy (non-hydrogen) atoms. The Bertz CT molecular complexity index is 508. The fourth-order valence-electron chi connectivity index (χ4n) is 1.78. The second-order valence-corrected chi connectivity index (χ2v) is 4.11. The van der Waals surface area contributed by atoms with E-state index in [4.69, 9.17) is 5.73 Å². The van der Waals surface area contributed by atoms with E-state index in [2.05, 4.69) is 16.5 Å². The number of rotatable bonds is 5. The van der Waals surface area contributed by atoms with Crippen molar-refractivity contribution in [2.45, 2.75) is 25.3 Å². The van der Waals surface area contributed by atoms with Gasteiger partial charge in [0.1, 0.15) is 0 Å². The summed E-state index contributed by atoms with van der Waals surface area (Å²) >= 11 is 0. The zero-order valence-corrected chi connectivity index (χ0v) is 9.84. The van der Waals surface area contributed by atoms with Gasteiger partial charge in [0.15, 0.2) is 0 Å². The van der Waals surface area contributed by atoms with Gasteiger partial charge in [-0.15, -0.1) is 6.58 Å². The minimum absolute atomic E-state index is 0.0351. The maximum Gasteiger partial charge on any atom is 0.0890 e. The minimum Gasteiger partial charge on any atom is -0.323 e. The molecule has 0 radical (unpaired) electrons. The molecule has 2 N–H and O–H groups in total. The van der Waals surface area contributed by atoms with Crippen molar-refractivity contribution >= 4 is 11.0 Å². The van der Waals surface area contributed by atoms with E-state index in [0.717, 1.165) is 36.0 Å². The molecule has 0 saturated carbocycles. The third-order valence-electron chi connectivity index (χ3n) is 2.77. The number of nitrogens with two attached hydrogens (primary N) is 1. The first-order chi connectivity index (χ1) is 8.31. The first-order valence-electron chi connectivity index (χ1n) is 5.89. The molecule has 1 heterocycles. The summed E-state index contributed by atoms with van der Waals surface area (Å²) in [7, 11) is 0. The van der Waals surface area contributed by atoms with Crippen molar-refractivity contribution in [3.63, 3.8) is 0 Å². The van der Waals surface area contributed by atoms with Crippen LogP contribution < -0.4 is 5.73 Å². The molecule has 1 unspecified atom stereocenters. The second kappa shape index (κ2) is 5.55. The van der Waals surface area contributed by atoms with E-state index in [1.165, 1.54) is 0 Å². The maximum absolute atomic E-state index is 6.09. The van der Waals surface area contributed by atoms with Gasteiger partial charge in [0.05, 0.1) is 22.9 Å². The molecule has 3 nitrogen and oxygen atoms in total. The molecule has 0 aliphatic rings. The van der Waals surface area contributed by atoms with Crippen LogP contribution in [0.25, 0.3) is 11.0 Å². The molecule has 0 spiro atoms. The Morgan fingerprint density at radius 3 is 2.82 bits per heavy atom. The average Bonchev–Trinajstić information content (AvgIpc) is 2.38. The number of para-hydroxylation sites is 2. The maximum atomic E-state index is 6.09. The van der Waals surface area contributed by atoms with Crippen LogP contribution in [0.5, 0.6) is 0 Å². The standard InChI is InChI=1S/C14H17N3/c1-2-3-4-7-11(15)14-10-16-12-8-5-6-9-13(12)17-14/h2,5-6,8-11H,1,3-4,7,15H2. The van der Waals surface area contributed by atoms with E-state index < -0.39 is 0 Å². The number of fused-ring (bicyclic) bond motifs is 1. The van der Waals surface area contributed by atoms with Gasteiger partial charge in [-0.2, -0.15) is 0 Å². The fraction of sp³-hybridized carbons (Fsp3) is 0.286. The summed E-state index contributed by atoms with van der Waals surface area (Å²) in [5.41, 5.74) is 8.78. The van der Waals surface area contributed by atoms with Gasteiger partial charge in [0.2, 0.25) is 0 Å². The first kappa shape index (κ1) is 11.7. The Labute approximate surface area is 101 Å².